The van der Waals surface area contributed by atoms with E-state index in [9.17, 15) is 10.2 Å². The summed E-state index contributed by atoms with van der Waals surface area (Å²) in [6.07, 6.45) is 14.8. The molecule has 2 heterocycles. The molecule has 2 aliphatic heterocycles. The molecule has 228 valence electrons. The van der Waals surface area contributed by atoms with Gasteiger partial charge in [0.2, 0.25) is 6.29 Å². The number of aliphatic hydroxyl groups excluding tert-OH is 2. The third kappa shape index (κ3) is 8.97. The first-order valence-corrected chi connectivity index (χ1v) is 16.0. The Morgan fingerprint density at radius 2 is 1.52 bits per heavy atom. The van der Waals surface area contributed by atoms with Crippen LogP contribution in [-0.4, -0.2) is 40.9 Å². The van der Waals surface area contributed by atoms with E-state index in [0.717, 1.165) is 65.2 Å². The highest BCUT2D eigenvalue weighted by Crippen LogP contribution is 2.45. The molecule has 0 aliphatic carbocycles. The molecule has 0 bridgehead atoms. The Labute approximate surface area is 244 Å². The van der Waals surface area contributed by atoms with Crippen LogP contribution in [0, 0.1) is 38.5 Å². The SMILES string of the molecule is Cc1c(C)c2c(c(C)c1O[C@H]1O[C@H](CO)C=C[C@H]1O)CC[C@@](C)(CCC[C@H](C)CCC[C@H](C)CCCC(C)C)O2. The lowest BCUT2D eigenvalue weighted by Crippen LogP contribution is -2.41. The molecule has 0 spiro atoms. The number of aliphatic hydroxyl groups is 2. The Morgan fingerprint density at radius 1 is 0.900 bits per heavy atom. The molecule has 1 aromatic carbocycles. The van der Waals surface area contributed by atoms with Gasteiger partial charge in [0.1, 0.15) is 29.3 Å². The van der Waals surface area contributed by atoms with E-state index in [-0.39, 0.29) is 12.2 Å². The molecular weight excluding hydrogens is 500 g/mol. The summed E-state index contributed by atoms with van der Waals surface area (Å²) in [7, 11) is 0. The van der Waals surface area contributed by atoms with E-state index in [0.29, 0.717) is 0 Å². The summed E-state index contributed by atoms with van der Waals surface area (Å²) < 4.78 is 18.8. The second kappa shape index (κ2) is 15.1. The van der Waals surface area contributed by atoms with E-state index in [4.69, 9.17) is 14.2 Å². The molecule has 1 aromatic rings. The summed E-state index contributed by atoms with van der Waals surface area (Å²) in [6.45, 7) is 17.9. The summed E-state index contributed by atoms with van der Waals surface area (Å²) in [6, 6.07) is 0. The lowest BCUT2D eigenvalue weighted by molar-refractivity contribution is -0.165. The molecule has 0 saturated carbocycles. The number of fused-ring (bicyclic) bond motifs is 1. The highest BCUT2D eigenvalue weighted by Gasteiger charge is 2.36. The lowest BCUT2D eigenvalue weighted by atomic mass is 9.83. The van der Waals surface area contributed by atoms with Crippen LogP contribution in [0.3, 0.4) is 0 Å². The Hall–Kier alpha value is -1.56. The number of hydrogen-bond donors (Lipinski definition) is 2. The van der Waals surface area contributed by atoms with Gasteiger partial charge in [-0.15, -0.1) is 0 Å². The fourth-order valence-electron chi connectivity index (χ4n) is 6.38. The molecular formula is C35H58O5. The van der Waals surface area contributed by atoms with Crippen LogP contribution in [-0.2, 0) is 11.2 Å². The molecule has 0 unspecified atom stereocenters. The highest BCUT2D eigenvalue weighted by molar-refractivity contribution is 5.59. The molecule has 2 aliphatic rings. The normalized spacial score (nSPS) is 25.9. The Bertz CT molecular complexity index is 969. The van der Waals surface area contributed by atoms with Gasteiger partial charge >= 0.3 is 0 Å². The molecule has 3 rings (SSSR count). The first-order chi connectivity index (χ1) is 18.9. The van der Waals surface area contributed by atoms with E-state index in [2.05, 4.69) is 55.4 Å². The molecule has 5 heteroatoms. The molecule has 0 aromatic heterocycles. The van der Waals surface area contributed by atoms with Crippen molar-refractivity contribution in [2.24, 2.45) is 17.8 Å². The van der Waals surface area contributed by atoms with E-state index in [1.807, 2.05) is 0 Å². The van der Waals surface area contributed by atoms with Gasteiger partial charge in [-0.05, 0) is 87.8 Å². The van der Waals surface area contributed by atoms with Crippen molar-refractivity contribution in [1.29, 1.82) is 0 Å². The number of benzene rings is 1. The van der Waals surface area contributed by atoms with E-state index in [1.54, 1.807) is 12.2 Å². The van der Waals surface area contributed by atoms with Gasteiger partial charge in [-0.25, -0.2) is 0 Å². The topological polar surface area (TPSA) is 68.2 Å². The van der Waals surface area contributed by atoms with Crippen LogP contribution in [0.2, 0.25) is 0 Å². The van der Waals surface area contributed by atoms with Crippen molar-refractivity contribution < 1.29 is 24.4 Å². The number of rotatable bonds is 15. The minimum atomic E-state index is -0.877. The summed E-state index contributed by atoms with van der Waals surface area (Å²) in [5.74, 6) is 4.22. The monoisotopic (exact) mass is 558 g/mol. The maximum absolute atomic E-state index is 10.4. The zero-order valence-corrected chi connectivity index (χ0v) is 26.7. The Morgan fingerprint density at radius 3 is 2.15 bits per heavy atom. The third-order valence-corrected chi connectivity index (χ3v) is 9.36. The quantitative estimate of drug-likeness (QED) is 0.213. The van der Waals surface area contributed by atoms with Crippen LogP contribution in [0.1, 0.15) is 121 Å². The zero-order chi connectivity index (χ0) is 29.4. The van der Waals surface area contributed by atoms with Gasteiger partial charge in [0.25, 0.3) is 0 Å². The predicted octanol–water partition coefficient (Wildman–Crippen LogP) is 8.15. The van der Waals surface area contributed by atoms with Crippen molar-refractivity contribution in [3.63, 3.8) is 0 Å². The summed E-state index contributed by atoms with van der Waals surface area (Å²) in [4.78, 5) is 0. The molecule has 5 nitrogen and oxygen atoms in total. The number of ether oxygens (including phenoxy) is 3. The van der Waals surface area contributed by atoms with Crippen LogP contribution in [0.5, 0.6) is 11.5 Å². The lowest BCUT2D eigenvalue weighted by Gasteiger charge is -2.39. The zero-order valence-electron chi connectivity index (χ0n) is 26.7. The van der Waals surface area contributed by atoms with Gasteiger partial charge in [0, 0.05) is 5.56 Å². The second-order valence-corrected chi connectivity index (χ2v) is 13.6. The van der Waals surface area contributed by atoms with Crippen LogP contribution >= 0.6 is 0 Å². The van der Waals surface area contributed by atoms with Crippen molar-refractivity contribution in [2.45, 2.75) is 150 Å². The first kappa shape index (κ1) is 32.9. The van der Waals surface area contributed by atoms with E-state index < -0.39 is 18.5 Å². The van der Waals surface area contributed by atoms with Gasteiger partial charge in [0.15, 0.2) is 0 Å². The van der Waals surface area contributed by atoms with Crippen molar-refractivity contribution >= 4 is 0 Å². The summed E-state index contributed by atoms with van der Waals surface area (Å²) >= 11 is 0. The van der Waals surface area contributed by atoms with E-state index >= 15 is 0 Å². The molecule has 0 fully saturated rings. The van der Waals surface area contributed by atoms with Crippen molar-refractivity contribution in [2.75, 3.05) is 6.61 Å². The minimum absolute atomic E-state index is 0.146. The van der Waals surface area contributed by atoms with Crippen LogP contribution in [0.25, 0.3) is 0 Å². The summed E-state index contributed by atoms with van der Waals surface area (Å²) in [5, 5.41) is 19.9. The number of hydrogen-bond acceptors (Lipinski definition) is 5. The minimum Gasteiger partial charge on any atom is -0.487 e. The van der Waals surface area contributed by atoms with Gasteiger partial charge in [-0.3, -0.25) is 0 Å². The standard InChI is InChI=1S/C35H58O5/c1-23(2)12-9-13-24(3)14-10-15-25(4)16-11-20-35(8)21-19-30-28(7)32(26(5)27(6)33(30)40-35)39-34-31(37)18-17-29(22-36)38-34/h17-18,23-25,29,31,34,36-37H,9-16,19-22H2,1-8H3/t24-,25-,29+,31-,34-,35-/m1/s1. The molecule has 6 atom stereocenters. The van der Waals surface area contributed by atoms with Gasteiger partial charge in [0.05, 0.1) is 6.61 Å². The van der Waals surface area contributed by atoms with E-state index in [1.165, 1.54) is 56.9 Å². The first-order valence-electron chi connectivity index (χ1n) is 16.0. The largest absolute Gasteiger partial charge is 0.487 e. The fourth-order valence-corrected chi connectivity index (χ4v) is 6.38. The molecule has 0 amide bonds. The maximum atomic E-state index is 10.4. The average Bonchev–Trinajstić information content (AvgIpc) is 2.90. The van der Waals surface area contributed by atoms with Gasteiger partial charge < -0.3 is 24.4 Å². The average molecular weight is 559 g/mol. The van der Waals surface area contributed by atoms with Crippen LogP contribution in [0.15, 0.2) is 12.2 Å². The van der Waals surface area contributed by atoms with Crippen molar-refractivity contribution in [3.05, 3.63) is 34.4 Å². The second-order valence-electron chi connectivity index (χ2n) is 13.6. The van der Waals surface area contributed by atoms with Crippen molar-refractivity contribution in [1.82, 2.24) is 0 Å². The molecule has 2 N–H and O–H groups in total. The maximum Gasteiger partial charge on any atom is 0.230 e. The Balaban J connectivity index is 1.52. The van der Waals surface area contributed by atoms with Gasteiger partial charge in [-0.1, -0.05) is 84.8 Å². The van der Waals surface area contributed by atoms with Crippen molar-refractivity contribution in [3.8, 4) is 11.5 Å². The highest BCUT2D eigenvalue weighted by atomic mass is 16.7. The molecule has 0 saturated heterocycles. The van der Waals surface area contributed by atoms with Gasteiger partial charge in [-0.2, -0.15) is 0 Å². The van der Waals surface area contributed by atoms with Crippen LogP contribution < -0.4 is 9.47 Å². The summed E-state index contributed by atoms with van der Waals surface area (Å²) in [5.41, 5.74) is 4.21. The fraction of sp³-hybridized carbons (Fsp3) is 0.771. The third-order valence-electron chi connectivity index (χ3n) is 9.36. The molecule has 40 heavy (non-hydrogen) atoms. The smallest absolute Gasteiger partial charge is 0.230 e. The van der Waals surface area contributed by atoms with Crippen LogP contribution in [0.4, 0.5) is 0 Å². The Kier molecular flexibility index (Phi) is 12.4. The molecule has 0 radical (unpaired) electrons. The predicted molar refractivity (Wildman–Crippen MR) is 164 cm³/mol.